The molecule has 2 aromatic rings. The van der Waals surface area contributed by atoms with Gasteiger partial charge in [-0.2, -0.15) is 5.10 Å². The summed E-state index contributed by atoms with van der Waals surface area (Å²) in [6.45, 7) is 5.09. The van der Waals surface area contributed by atoms with Crippen molar-refractivity contribution in [2.45, 2.75) is 19.4 Å². The van der Waals surface area contributed by atoms with Crippen LogP contribution < -0.4 is 5.32 Å². The van der Waals surface area contributed by atoms with Crippen LogP contribution in [0.5, 0.6) is 0 Å². The van der Waals surface area contributed by atoms with Crippen LogP contribution in [0, 0.1) is 6.92 Å². The van der Waals surface area contributed by atoms with Crippen LogP contribution in [0.25, 0.3) is 5.82 Å². The lowest BCUT2D eigenvalue weighted by atomic mass is 10.2. The Bertz CT molecular complexity index is 686. The van der Waals surface area contributed by atoms with Crippen molar-refractivity contribution in [3.63, 3.8) is 0 Å². The molecule has 0 radical (unpaired) electrons. The van der Waals surface area contributed by atoms with Gasteiger partial charge >= 0.3 is 0 Å². The Balaban J connectivity index is 1.57. The molecular formula is C17H23N5O2. The van der Waals surface area contributed by atoms with E-state index in [1.54, 1.807) is 17.1 Å². The number of aromatic nitrogens is 3. The summed E-state index contributed by atoms with van der Waals surface area (Å²) in [5.41, 5.74) is 1.35. The van der Waals surface area contributed by atoms with Gasteiger partial charge < -0.3 is 15.0 Å². The summed E-state index contributed by atoms with van der Waals surface area (Å²) in [7, 11) is 2.09. The fourth-order valence-electron chi connectivity index (χ4n) is 2.83. The molecule has 7 nitrogen and oxygen atoms in total. The van der Waals surface area contributed by atoms with Crippen molar-refractivity contribution in [2.24, 2.45) is 0 Å². The molecule has 0 aliphatic carbocycles. The molecule has 0 saturated carbocycles. The van der Waals surface area contributed by atoms with Crippen LogP contribution >= 0.6 is 0 Å². The molecule has 0 bridgehead atoms. The number of morpholine rings is 1. The SMILES string of the molecule is Cc1c(C(=O)NCC[C@H]2CN(C)CCO2)cnn1-c1ccccn1. The highest BCUT2D eigenvalue weighted by Gasteiger charge is 2.19. The smallest absolute Gasteiger partial charge is 0.254 e. The van der Waals surface area contributed by atoms with E-state index in [1.165, 1.54) is 0 Å². The molecule has 24 heavy (non-hydrogen) atoms. The Morgan fingerprint density at radius 2 is 2.33 bits per heavy atom. The molecule has 0 aromatic carbocycles. The van der Waals surface area contributed by atoms with E-state index in [-0.39, 0.29) is 12.0 Å². The van der Waals surface area contributed by atoms with Crippen LogP contribution in [0.15, 0.2) is 30.6 Å². The highest BCUT2D eigenvalue weighted by Crippen LogP contribution is 2.12. The fourth-order valence-corrected chi connectivity index (χ4v) is 2.83. The van der Waals surface area contributed by atoms with Crippen molar-refractivity contribution >= 4 is 5.91 Å². The van der Waals surface area contributed by atoms with Gasteiger partial charge in [-0.15, -0.1) is 0 Å². The molecule has 1 atom stereocenters. The summed E-state index contributed by atoms with van der Waals surface area (Å²) in [5, 5.41) is 7.23. The number of hydrogen-bond donors (Lipinski definition) is 1. The average Bonchev–Trinajstić information content (AvgIpc) is 2.97. The van der Waals surface area contributed by atoms with Gasteiger partial charge in [0.25, 0.3) is 5.91 Å². The predicted molar refractivity (Wildman–Crippen MR) is 90.3 cm³/mol. The van der Waals surface area contributed by atoms with Crippen LogP contribution in [0.1, 0.15) is 22.5 Å². The maximum absolute atomic E-state index is 12.4. The second-order valence-electron chi connectivity index (χ2n) is 6.04. The van der Waals surface area contributed by atoms with Crippen molar-refractivity contribution in [3.8, 4) is 5.82 Å². The van der Waals surface area contributed by atoms with Gasteiger partial charge in [-0.05, 0) is 32.5 Å². The van der Waals surface area contributed by atoms with E-state index in [0.717, 1.165) is 31.8 Å². The first-order chi connectivity index (χ1) is 11.6. The van der Waals surface area contributed by atoms with Gasteiger partial charge in [-0.25, -0.2) is 9.67 Å². The minimum absolute atomic E-state index is 0.112. The van der Waals surface area contributed by atoms with Crippen LogP contribution in [0.4, 0.5) is 0 Å². The van der Waals surface area contributed by atoms with Gasteiger partial charge in [-0.3, -0.25) is 4.79 Å². The summed E-state index contributed by atoms with van der Waals surface area (Å²) in [4.78, 5) is 18.9. The average molecular weight is 329 g/mol. The minimum Gasteiger partial charge on any atom is -0.375 e. The molecule has 2 aromatic heterocycles. The Morgan fingerprint density at radius 1 is 1.46 bits per heavy atom. The topological polar surface area (TPSA) is 72.3 Å². The summed E-state index contributed by atoms with van der Waals surface area (Å²) >= 11 is 0. The molecule has 1 N–H and O–H groups in total. The lowest BCUT2D eigenvalue weighted by Crippen LogP contribution is -2.41. The molecular weight excluding hydrogens is 306 g/mol. The van der Waals surface area contributed by atoms with Crippen LogP contribution in [-0.4, -0.2) is 65.0 Å². The van der Waals surface area contributed by atoms with E-state index in [9.17, 15) is 4.79 Å². The number of carbonyl (C=O) groups excluding carboxylic acids is 1. The van der Waals surface area contributed by atoms with Crippen LogP contribution in [0.2, 0.25) is 0 Å². The number of nitrogens with zero attached hydrogens (tertiary/aromatic N) is 4. The van der Waals surface area contributed by atoms with Crippen molar-refractivity contribution in [3.05, 3.63) is 41.9 Å². The van der Waals surface area contributed by atoms with Crippen molar-refractivity contribution in [1.29, 1.82) is 0 Å². The zero-order valence-electron chi connectivity index (χ0n) is 14.1. The van der Waals surface area contributed by atoms with E-state index in [0.29, 0.717) is 17.9 Å². The van der Waals surface area contributed by atoms with Gasteiger partial charge in [-0.1, -0.05) is 6.07 Å². The Hall–Kier alpha value is -2.25. The first-order valence-corrected chi connectivity index (χ1v) is 8.19. The fraction of sp³-hybridized carbons (Fsp3) is 0.471. The van der Waals surface area contributed by atoms with E-state index < -0.39 is 0 Å². The van der Waals surface area contributed by atoms with E-state index >= 15 is 0 Å². The quantitative estimate of drug-likeness (QED) is 0.887. The summed E-state index contributed by atoms with van der Waals surface area (Å²) in [5.74, 6) is 0.589. The van der Waals surface area contributed by atoms with Gasteiger partial charge in [0.05, 0.1) is 30.2 Å². The summed E-state index contributed by atoms with van der Waals surface area (Å²) in [6.07, 6.45) is 4.28. The number of rotatable bonds is 5. The molecule has 128 valence electrons. The zero-order chi connectivity index (χ0) is 16.9. The third-order valence-electron chi connectivity index (χ3n) is 4.21. The van der Waals surface area contributed by atoms with Gasteiger partial charge in [0, 0.05) is 25.8 Å². The summed E-state index contributed by atoms with van der Waals surface area (Å²) < 4.78 is 7.38. The molecule has 3 rings (SSSR count). The number of likely N-dealkylation sites (N-methyl/N-ethyl adjacent to an activating group) is 1. The minimum atomic E-state index is -0.112. The highest BCUT2D eigenvalue weighted by molar-refractivity contribution is 5.95. The molecule has 7 heteroatoms. The van der Waals surface area contributed by atoms with Crippen molar-refractivity contribution in [2.75, 3.05) is 33.3 Å². The molecule has 1 saturated heterocycles. The lowest BCUT2D eigenvalue weighted by molar-refractivity contribution is -0.0226. The molecule has 1 amide bonds. The maximum Gasteiger partial charge on any atom is 0.254 e. The number of ether oxygens (including phenoxy) is 1. The lowest BCUT2D eigenvalue weighted by Gasteiger charge is -2.30. The standard InChI is InChI=1S/C17H23N5O2/c1-13-15(11-20-22(13)16-5-3-4-7-18-16)17(23)19-8-6-14-12-21(2)9-10-24-14/h3-5,7,11,14H,6,8-10,12H2,1-2H3,(H,19,23)/t14-/m0/s1. The van der Waals surface area contributed by atoms with E-state index in [1.807, 2.05) is 25.1 Å². The summed E-state index contributed by atoms with van der Waals surface area (Å²) in [6, 6.07) is 5.60. The van der Waals surface area contributed by atoms with Crippen molar-refractivity contribution in [1.82, 2.24) is 25.0 Å². The van der Waals surface area contributed by atoms with Crippen LogP contribution in [0.3, 0.4) is 0 Å². The van der Waals surface area contributed by atoms with E-state index in [2.05, 4.69) is 27.3 Å². The number of pyridine rings is 1. The van der Waals surface area contributed by atoms with Crippen LogP contribution in [-0.2, 0) is 4.74 Å². The first-order valence-electron chi connectivity index (χ1n) is 8.19. The Morgan fingerprint density at radius 3 is 3.08 bits per heavy atom. The molecule has 0 spiro atoms. The number of carbonyl (C=O) groups is 1. The first kappa shape index (κ1) is 16.6. The molecule has 3 heterocycles. The second kappa shape index (κ2) is 7.55. The van der Waals surface area contributed by atoms with Crippen molar-refractivity contribution < 1.29 is 9.53 Å². The molecule has 1 aliphatic heterocycles. The zero-order valence-corrected chi connectivity index (χ0v) is 14.1. The largest absolute Gasteiger partial charge is 0.375 e. The van der Waals surface area contributed by atoms with E-state index in [4.69, 9.17) is 4.74 Å². The number of amides is 1. The Kier molecular flexibility index (Phi) is 5.22. The second-order valence-corrected chi connectivity index (χ2v) is 6.04. The molecule has 1 aliphatic rings. The van der Waals surface area contributed by atoms with Gasteiger partial charge in [0.15, 0.2) is 5.82 Å². The Labute approximate surface area is 141 Å². The normalized spacial score (nSPS) is 18.5. The monoisotopic (exact) mass is 329 g/mol. The molecule has 0 unspecified atom stereocenters. The number of nitrogens with one attached hydrogen (secondary N) is 1. The highest BCUT2D eigenvalue weighted by atomic mass is 16.5. The van der Waals surface area contributed by atoms with Gasteiger partial charge in [0.1, 0.15) is 0 Å². The number of hydrogen-bond acceptors (Lipinski definition) is 5. The predicted octanol–water partition coefficient (Wildman–Crippen LogP) is 1.03. The maximum atomic E-state index is 12.4. The molecule has 1 fully saturated rings. The third-order valence-corrected chi connectivity index (χ3v) is 4.21. The third kappa shape index (κ3) is 3.80. The van der Waals surface area contributed by atoms with Gasteiger partial charge in [0.2, 0.25) is 0 Å².